The Morgan fingerprint density at radius 2 is 2.10 bits per heavy atom. The highest BCUT2D eigenvalue weighted by molar-refractivity contribution is 5.20. The van der Waals surface area contributed by atoms with Gasteiger partial charge in [0.1, 0.15) is 5.82 Å². The molecule has 3 heteroatoms. The normalized spacial score (nSPS) is 24.1. The van der Waals surface area contributed by atoms with Crippen LogP contribution in [0.4, 0.5) is 4.39 Å². The molecular weight excluding hydrogens is 251 g/mol. The van der Waals surface area contributed by atoms with Crippen molar-refractivity contribution in [3.63, 3.8) is 0 Å². The largest absolute Gasteiger partial charge is 0.312 e. The van der Waals surface area contributed by atoms with Crippen LogP contribution in [0.2, 0.25) is 0 Å². The summed E-state index contributed by atoms with van der Waals surface area (Å²) >= 11 is 0. The Kier molecular flexibility index (Phi) is 5.55. The molecule has 1 N–H and O–H groups in total. The van der Waals surface area contributed by atoms with E-state index in [1.165, 1.54) is 6.42 Å². The van der Waals surface area contributed by atoms with Crippen LogP contribution in [-0.2, 0) is 0 Å². The number of hydrogen-bond donors (Lipinski definition) is 1. The lowest BCUT2D eigenvalue weighted by atomic mass is 9.97. The molecule has 0 aliphatic carbocycles. The molecule has 112 valence electrons. The van der Waals surface area contributed by atoms with Crippen LogP contribution < -0.4 is 5.32 Å². The molecule has 2 nitrogen and oxygen atoms in total. The zero-order valence-corrected chi connectivity index (χ0v) is 12.9. The third-order valence-corrected chi connectivity index (χ3v) is 4.69. The number of benzene rings is 1. The van der Waals surface area contributed by atoms with E-state index in [1.54, 1.807) is 12.1 Å². The lowest BCUT2D eigenvalue weighted by Gasteiger charge is -2.32. The number of halogens is 1. The van der Waals surface area contributed by atoms with Crippen LogP contribution in [0.25, 0.3) is 0 Å². The zero-order chi connectivity index (χ0) is 14.5. The first-order chi connectivity index (χ1) is 9.63. The molecule has 1 aliphatic rings. The van der Waals surface area contributed by atoms with E-state index in [1.807, 2.05) is 12.1 Å². The summed E-state index contributed by atoms with van der Waals surface area (Å²) in [5, 5.41) is 3.65. The monoisotopic (exact) mass is 278 g/mol. The van der Waals surface area contributed by atoms with Gasteiger partial charge < -0.3 is 5.32 Å². The number of rotatable bonds is 4. The van der Waals surface area contributed by atoms with Gasteiger partial charge in [-0.3, -0.25) is 4.90 Å². The molecule has 1 aromatic carbocycles. The Hall–Kier alpha value is -0.930. The molecule has 20 heavy (non-hydrogen) atoms. The van der Waals surface area contributed by atoms with Crippen LogP contribution >= 0.6 is 0 Å². The maximum absolute atomic E-state index is 14.0. The molecule has 1 aliphatic heterocycles. The van der Waals surface area contributed by atoms with Crippen LogP contribution in [0.15, 0.2) is 24.3 Å². The molecule has 0 amide bonds. The maximum atomic E-state index is 14.0. The third-order valence-electron chi connectivity index (χ3n) is 4.69. The summed E-state index contributed by atoms with van der Waals surface area (Å²) in [5.41, 5.74) is 0.817. The molecule has 2 rings (SSSR count). The van der Waals surface area contributed by atoms with E-state index in [4.69, 9.17) is 0 Å². The minimum Gasteiger partial charge on any atom is -0.312 e. The molecule has 3 atom stereocenters. The summed E-state index contributed by atoms with van der Waals surface area (Å²) in [4.78, 5) is 2.43. The van der Waals surface area contributed by atoms with Gasteiger partial charge in [0.25, 0.3) is 0 Å². The molecule has 0 aromatic heterocycles. The Morgan fingerprint density at radius 3 is 2.80 bits per heavy atom. The van der Waals surface area contributed by atoms with Gasteiger partial charge in [-0.25, -0.2) is 4.39 Å². The molecule has 1 aromatic rings. The van der Waals surface area contributed by atoms with Crippen molar-refractivity contribution in [2.75, 3.05) is 19.6 Å². The molecule has 3 unspecified atom stereocenters. The zero-order valence-electron chi connectivity index (χ0n) is 12.9. The SMILES string of the molecule is CCC(C)C1CN(C(C)c2ccccc2F)CCCN1. The molecule has 0 spiro atoms. The first kappa shape index (κ1) is 15.5. The predicted molar refractivity (Wildman–Crippen MR) is 82.3 cm³/mol. The highest BCUT2D eigenvalue weighted by atomic mass is 19.1. The van der Waals surface area contributed by atoms with E-state index in [0.29, 0.717) is 12.0 Å². The minimum atomic E-state index is -0.0858. The number of hydrogen-bond acceptors (Lipinski definition) is 2. The fourth-order valence-electron chi connectivity index (χ4n) is 3.01. The summed E-state index contributed by atoms with van der Waals surface area (Å²) in [6.45, 7) is 9.77. The minimum absolute atomic E-state index is 0.0858. The second-order valence-electron chi connectivity index (χ2n) is 5.99. The van der Waals surface area contributed by atoms with Crippen molar-refractivity contribution in [3.8, 4) is 0 Å². The van der Waals surface area contributed by atoms with E-state index in [9.17, 15) is 4.39 Å². The van der Waals surface area contributed by atoms with E-state index in [0.717, 1.165) is 31.6 Å². The van der Waals surface area contributed by atoms with Crippen molar-refractivity contribution in [2.24, 2.45) is 5.92 Å². The van der Waals surface area contributed by atoms with Crippen molar-refractivity contribution in [1.29, 1.82) is 0 Å². The highest BCUT2D eigenvalue weighted by Crippen LogP contribution is 2.25. The van der Waals surface area contributed by atoms with E-state index >= 15 is 0 Å². The summed E-state index contributed by atoms with van der Waals surface area (Å²) in [7, 11) is 0. The van der Waals surface area contributed by atoms with E-state index in [-0.39, 0.29) is 11.9 Å². The molecule has 0 bridgehead atoms. The average molecular weight is 278 g/mol. The van der Waals surface area contributed by atoms with Crippen molar-refractivity contribution in [1.82, 2.24) is 10.2 Å². The molecule has 1 saturated heterocycles. The molecule has 1 heterocycles. The number of nitrogens with one attached hydrogen (secondary N) is 1. The Bertz CT molecular complexity index is 421. The van der Waals surface area contributed by atoms with Crippen molar-refractivity contribution < 1.29 is 4.39 Å². The van der Waals surface area contributed by atoms with Gasteiger partial charge in [-0.15, -0.1) is 0 Å². The van der Waals surface area contributed by atoms with Gasteiger partial charge in [0.05, 0.1) is 0 Å². The van der Waals surface area contributed by atoms with Crippen LogP contribution in [-0.4, -0.2) is 30.6 Å². The lowest BCUT2D eigenvalue weighted by Crippen LogP contribution is -2.42. The van der Waals surface area contributed by atoms with Gasteiger partial charge >= 0.3 is 0 Å². The fraction of sp³-hybridized carbons (Fsp3) is 0.647. The standard InChI is InChI=1S/C17H27FN2/c1-4-13(2)17-12-20(11-7-10-19-17)14(3)15-8-5-6-9-16(15)18/h5-6,8-9,13-14,17,19H,4,7,10-12H2,1-3H3. The van der Waals surface area contributed by atoms with Crippen molar-refractivity contribution >= 4 is 0 Å². The van der Waals surface area contributed by atoms with Gasteiger partial charge in [0.2, 0.25) is 0 Å². The van der Waals surface area contributed by atoms with E-state index in [2.05, 4.69) is 31.0 Å². The molecule has 0 radical (unpaired) electrons. The Balaban J connectivity index is 2.12. The fourth-order valence-corrected chi connectivity index (χ4v) is 3.01. The molecule has 1 fully saturated rings. The molecular formula is C17H27FN2. The summed E-state index contributed by atoms with van der Waals surface area (Å²) in [5.74, 6) is 0.570. The summed E-state index contributed by atoms with van der Waals surface area (Å²) in [6, 6.07) is 7.82. The molecule has 0 saturated carbocycles. The van der Waals surface area contributed by atoms with E-state index < -0.39 is 0 Å². The quantitative estimate of drug-likeness (QED) is 0.905. The van der Waals surface area contributed by atoms with Crippen LogP contribution in [0, 0.1) is 11.7 Å². The first-order valence-corrected chi connectivity index (χ1v) is 7.85. The van der Waals surface area contributed by atoms with Crippen molar-refractivity contribution in [2.45, 2.75) is 45.7 Å². The third kappa shape index (κ3) is 3.58. The van der Waals surface area contributed by atoms with Gasteiger partial charge in [-0.05, 0) is 31.9 Å². The second kappa shape index (κ2) is 7.19. The van der Waals surface area contributed by atoms with Crippen molar-refractivity contribution in [3.05, 3.63) is 35.6 Å². The topological polar surface area (TPSA) is 15.3 Å². The predicted octanol–water partition coefficient (Wildman–Crippen LogP) is 3.60. The van der Waals surface area contributed by atoms with Gasteiger partial charge in [0.15, 0.2) is 0 Å². The Labute approximate surface area is 122 Å². The van der Waals surface area contributed by atoms with Gasteiger partial charge in [0, 0.05) is 30.7 Å². The highest BCUT2D eigenvalue weighted by Gasteiger charge is 2.26. The maximum Gasteiger partial charge on any atom is 0.127 e. The lowest BCUT2D eigenvalue weighted by molar-refractivity contribution is 0.185. The van der Waals surface area contributed by atoms with Gasteiger partial charge in [-0.2, -0.15) is 0 Å². The second-order valence-corrected chi connectivity index (χ2v) is 5.99. The average Bonchev–Trinajstić information content (AvgIpc) is 2.72. The summed E-state index contributed by atoms with van der Waals surface area (Å²) < 4.78 is 14.0. The number of nitrogens with zero attached hydrogens (tertiary/aromatic N) is 1. The smallest absolute Gasteiger partial charge is 0.127 e. The first-order valence-electron chi connectivity index (χ1n) is 7.85. The Morgan fingerprint density at radius 1 is 1.35 bits per heavy atom. The van der Waals surface area contributed by atoms with Crippen LogP contribution in [0.5, 0.6) is 0 Å². The van der Waals surface area contributed by atoms with Crippen LogP contribution in [0.3, 0.4) is 0 Å². The summed E-state index contributed by atoms with van der Waals surface area (Å²) in [6.07, 6.45) is 2.31. The van der Waals surface area contributed by atoms with Gasteiger partial charge in [-0.1, -0.05) is 38.5 Å². The van der Waals surface area contributed by atoms with Crippen LogP contribution in [0.1, 0.15) is 45.2 Å².